The second kappa shape index (κ2) is 8.56. The normalized spacial score (nSPS) is 11.5. The van der Waals surface area contributed by atoms with E-state index >= 15 is 0 Å². The number of anilines is 1. The third-order valence-electron chi connectivity index (χ3n) is 4.64. The van der Waals surface area contributed by atoms with Crippen molar-refractivity contribution in [3.63, 3.8) is 0 Å². The quantitative estimate of drug-likeness (QED) is 0.409. The van der Waals surface area contributed by atoms with Crippen molar-refractivity contribution in [2.24, 2.45) is 0 Å². The Morgan fingerprint density at radius 1 is 1.19 bits per heavy atom. The van der Waals surface area contributed by atoms with Crippen molar-refractivity contribution in [3.05, 3.63) is 76.6 Å². The second-order valence-electron chi connectivity index (χ2n) is 6.86. The van der Waals surface area contributed by atoms with E-state index in [2.05, 4.69) is 15.3 Å². The number of nitrogens with one attached hydrogen (secondary N) is 1. The number of halogens is 3. The van der Waals surface area contributed by atoms with E-state index in [1.54, 1.807) is 29.6 Å². The fraction of sp³-hybridized carbons (Fsp3) is 0.136. The molecule has 0 unspecified atom stereocenters. The Kier molecular flexibility index (Phi) is 5.81. The van der Waals surface area contributed by atoms with Gasteiger partial charge in [-0.25, -0.2) is 4.98 Å². The van der Waals surface area contributed by atoms with Crippen molar-refractivity contribution >= 4 is 33.0 Å². The number of ether oxygens (including phenoxy) is 1. The summed E-state index contributed by atoms with van der Waals surface area (Å²) >= 11 is 1.30. The SMILES string of the molecule is Cc1ccc(NC(=O)c2csc3cc(Oc4ccnc(CO)n4)ccc23)cc1C(F)(F)F. The number of aliphatic hydroxyl groups excluding tert-OH is 1. The summed E-state index contributed by atoms with van der Waals surface area (Å²) < 4.78 is 45.9. The molecule has 0 aliphatic rings. The van der Waals surface area contributed by atoms with Gasteiger partial charge in [-0.05, 0) is 42.8 Å². The lowest BCUT2D eigenvalue weighted by Gasteiger charge is -2.12. The lowest BCUT2D eigenvalue weighted by molar-refractivity contribution is -0.138. The van der Waals surface area contributed by atoms with Crippen LogP contribution in [0, 0.1) is 6.92 Å². The standard InChI is InChI=1S/C22H16F3N3O3S/c1-12-2-3-13(8-17(12)22(23,24)25)27-21(30)16-11-32-18-9-14(4-5-15(16)18)31-20-6-7-26-19(10-29)28-20/h2-9,11,29H,10H2,1H3,(H,27,30). The lowest BCUT2D eigenvalue weighted by Crippen LogP contribution is -2.13. The highest BCUT2D eigenvalue weighted by molar-refractivity contribution is 7.17. The number of aliphatic hydroxyl groups is 1. The number of benzene rings is 2. The van der Waals surface area contributed by atoms with Crippen molar-refractivity contribution in [2.75, 3.05) is 5.32 Å². The maximum absolute atomic E-state index is 13.1. The number of aromatic nitrogens is 2. The van der Waals surface area contributed by atoms with Crippen LogP contribution in [0.3, 0.4) is 0 Å². The van der Waals surface area contributed by atoms with Crippen LogP contribution in [0.2, 0.25) is 0 Å². The molecule has 0 aliphatic carbocycles. The topological polar surface area (TPSA) is 84.3 Å². The number of hydrogen-bond donors (Lipinski definition) is 2. The van der Waals surface area contributed by atoms with Gasteiger partial charge in [-0.15, -0.1) is 11.3 Å². The van der Waals surface area contributed by atoms with E-state index in [1.807, 2.05) is 0 Å². The summed E-state index contributed by atoms with van der Waals surface area (Å²) in [7, 11) is 0. The molecule has 164 valence electrons. The van der Waals surface area contributed by atoms with Gasteiger partial charge in [0.2, 0.25) is 5.88 Å². The third-order valence-corrected chi connectivity index (χ3v) is 5.58. The van der Waals surface area contributed by atoms with Gasteiger partial charge in [-0.3, -0.25) is 4.79 Å². The number of carbonyl (C=O) groups is 1. The van der Waals surface area contributed by atoms with Gasteiger partial charge in [0, 0.05) is 33.4 Å². The van der Waals surface area contributed by atoms with E-state index in [9.17, 15) is 18.0 Å². The molecule has 1 amide bonds. The minimum Gasteiger partial charge on any atom is -0.439 e. The van der Waals surface area contributed by atoms with Crippen molar-refractivity contribution < 1.29 is 27.8 Å². The lowest BCUT2D eigenvalue weighted by atomic mass is 10.1. The summed E-state index contributed by atoms with van der Waals surface area (Å²) in [6.45, 7) is 1.05. The number of aryl methyl sites for hydroxylation is 1. The van der Waals surface area contributed by atoms with Crippen LogP contribution in [-0.4, -0.2) is 21.0 Å². The van der Waals surface area contributed by atoms with Crippen LogP contribution >= 0.6 is 11.3 Å². The number of carbonyl (C=O) groups excluding carboxylic acids is 1. The molecule has 2 heterocycles. The summed E-state index contributed by atoms with van der Waals surface area (Å²) in [6, 6.07) is 10.3. The summed E-state index contributed by atoms with van der Waals surface area (Å²) in [6.07, 6.45) is -3.03. The summed E-state index contributed by atoms with van der Waals surface area (Å²) in [5.41, 5.74) is -0.300. The molecule has 4 aromatic rings. The Morgan fingerprint density at radius 3 is 2.75 bits per heavy atom. The van der Waals surface area contributed by atoms with E-state index in [-0.39, 0.29) is 29.6 Å². The monoisotopic (exact) mass is 459 g/mol. The van der Waals surface area contributed by atoms with Gasteiger partial charge in [0.25, 0.3) is 5.91 Å². The molecule has 32 heavy (non-hydrogen) atoms. The first-order chi connectivity index (χ1) is 15.2. The van der Waals surface area contributed by atoms with E-state index < -0.39 is 17.6 Å². The van der Waals surface area contributed by atoms with Crippen LogP contribution in [0.25, 0.3) is 10.1 Å². The Labute approximate surface area is 184 Å². The number of rotatable bonds is 5. The Bertz CT molecular complexity index is 1300. The molecule has 2 N–H and O–H groups in total. The summed E-state index contributed by atoms with van der Waals surface area (Å²) in [4.78, 5) is 20.7. The molecule has 4 rings (SSSR count). The smallest absolute Gasteiger partial charge is 0.416 e. The summed E-state index contributed by atoms with van der Waals surface area (Å²) in [5.74, 6) is 0.453. The van der Waals surface area contributed by atoms with E-state index in [0.29, 0.717) is 16.7 Å². The predicted molar refractivity (Wildman–Crippen MR) is 114 cm³/mol. The molecule has 0 radical (unpaired) electrons. The molecule has 0 aliphatic heterocycles. The van der Waals surface area contributed by atoms with Crippen molar-refractivity contribution in [1.29, 1.82) is 0 Å². The zero-order valence-corrected chi connectivity index (χ0v) is 17.4. The van der Waals surface area contributed by atoms with E-state index in [4.69, 9.17) is 9.84 Å². The highest BCUT2D eigenvalue weighted by atomic mass is 32.1. The van der Waals surface area contributed by atoms with Gasteiger partial charge in [-0.2, -0.15) is 18.2 Å². The van der Waals surface area contributed by atoms with E-state index in [1.165, 1.54) is 36.6 Å². The minimum absolute atomic E-state index is 0.0654. The first-order valence-electron chi connectivity index (χ1n) is 9.35. The third kappa shape index (κ3) is 4.56. The first kappa shape index (κ1) is 21.7. The average molecular weight is 459 g/mol. The fourth-order valence-corrected chi connectivity index (χ4v) is 4.05. The number of amides is 1. The minimum atomic E-state index is -4.50. The van der Waals surface area contributed by atoms with Crippen LogP contribution < -0.4 is 10.1 Å². The number of fused-ring (bicyclic) bond motifs is 1. The van der Waals surface area contributed by atoms with Crippen LogP contribution in [0.15, 0.2) is 54.0 Å². The molecule has 0 saturated carbocycles. The maximum Gasteiger partial charge on any atom is 0.416 e. The molecule has 0 fully saturated rings. The Hall–Kier alpha value is -3.50. The van der Waals surface area contributed by atoms with Gasteiger partial charge < -0.3 is 15.2 Å². The van der Waals surface area contributed by atoms with Gasteiger partial charge >= 0.3 is 6.18 Å². The summed E-state index contributed by atoms with van der Waals surface area (Å²) in [5, 5.41) is 13.9. The van der Waals surface area contributed by atoms with Crippen molar-refractivity contribution in [3.8, 4) is 11.6 Å². The Morgan fingerprint density at radius 2 is 2.00 bits per heavy atom. The van der Waals surface area contributed by atoms with Gasteiger partial charge in [0.15, 0.2) is 5.82 Å². The van der Waals surface area contributed by atoms with Crippen LogP contribution in [-0.2, 0) is 12.8 Å². The van der Waals surface area contributed by atoms with Gasteiger partial charge in [0.1, 0.15) is 12.4 Å². The molecule has 10 heteroatoms. The molecule has 6 nitrogen and oxygen atoms in total. The zero-order chi connectivity index (χ0) is 22.9. The van der Waals surface area contributed by atoms with Gasteiger partial charge in [0.05, 0.1) is 11.1 Å². The average Bonchev–Trinajstić information content (AvgIpc) is 3.18. The number of thiophene rings is 1. The molecule has 2 aromatic heterocycles. The number of alkyl halides is 3. The highest BCUT2D eigenvalue weighted by Gasteiger charge is 2.32. The fourth-order valence-electron chi connectivity index (χ4n) is 3.09. The Balaban J connectivity index is 1.56. The molecule has 2 aromatic carbocycles. The molecule has 0 bridgehead atoms. The molecule has 0 saturated heterocycles. The van der Waals surface area contributed by atoms with Crippen LogP contribution in [0.4, 0.5) is 18.9 Å². The first-order valence-corrected chi connectivity index (χ1v) is 10.2. The number of nitrogens with zero attached hydrogens (tertiary/aromatic N) is 2. The van der Waals surface area contributed by atoms with Crippen molar-refractivity contribution in [2.45, 2.75) is 19.7 Å². The molecule has 0 spiro atoms. The molecular weight excluding hydrogens is 443 g/mol. The van der Waals surface area contributed by atoms with E-state index in [0.717, 1.165) is 10.8 Å². The predicted octanol–water partition coefficient (Wildman–Crippen LogP) is 5.56. The van der Waals surface area contributed by atoms with Crippen LogP contribution in [0.5, 0.6) is 11.6 Å². The number of hydrogen-bond acceptors (Lipinski definition) is 6. The van der Waals surface area contributed by atoms with Crippen LogP contribution in [0.1, 0.15) is 27.3 Å². The largest absolute Gasteiger partial charge is 0.439 e. The molecular formula is C22H16F3N3O3S. The molecule has 0 atom stereocenters. The highest BCUT2D eigenvalue weighted by Crippen LogP contribution is 2.34. The zero-order valence-electron chi connectivity index (χ0n) is 16.6. The van der Waals surface area contributed by atoms with Gasteiger partial charge in [-0.1, -0.05) is 6.07 Å². The second-order valence-corrected chi connectivity index (χ2v) is 7.77. The van der Waals surface area contributed by atoms with Crippen molar-refractivity contribution in [1.82, 2.24) is 9.97 Å². The maximum atomic E-state index is 13.1.